The molecule has 1 saturated heterocycles. The molecule has 4 rings (SSSR count). The van der Waals surface area contributed by atoms with E-state index in [1.54, 1.807) is 0 Å². The van der Waals surface area contributed by atoms with E-state index >= 15 is 0 Å². The number of amides is 1. The molecule has 0 aliphatic carbocycles. The molecule has 0 bridgehead atoms. The number of aryl methyl sites for hydroxylation is 1. The van der Waals surface area contributed by atoms with Crippen molar-refractivity contribution < 1.29 is 9.53 Å². The first-order valence-corrected chi connectivity index (χ1v) is 9.90. The molecule has 2 aliphatic rings. The van der Waals surface area contributed by atoms with Gasteiger partial charge in [-0.15, -0.1) is 0 Å². The number of benzene rings is 2. The minimum Gasteiger partial charge on any atom is -0.489 e. The number of nitrogens with zero attached hydrogens (tertiary/aromatic N) is 2. The fourth-order valence-corrected chi connectivity index (χ4v) is 4.06. The molecule has 0 radical (unpaired) electrons. The minimum atomic E-state index is 0.101. The SMILES string of the molecule is Cc1ccccc1CN1CCN(C(=O)c2cccc3c2OC(C)C3C)CC1. The fourth-order valence-electron chi connectivity index (χ4n) is 4.06. The zero-order valence-corrected chi connectivity index (χ0v) is 16.4. The quantitative estimate of drug-likeness (QED) is 0.830. The second kappa shape index (κ2) is 7.35. The van der Waals surface area contributed by atoms with E-state index in [0.717, 1.165) is 49.6 Å². The van der Waals surface area contributed by atoms with Crippen LogP contribution in [0.3, 0.4) is 0 Å². The van der Waals surface area contributed by atoms with Crippen LogP contribution in [0.5, 0.6) is 5.75 Å². The largest absolute Gasteiger partial charge is 0.489 e. The lowest BCUT2D eigenvalue weighted by Crippen LogP contribution is -2.48. The average Bonchev–Trinajstić information content (AvgIpc) is 2.98. The molecule has 0 spiro atoms. The molecule has 0 N–H and O–H groups in total. The van der Waals surface area contributed by atoms with E-state index in [1.165, 1.54) is 11.1 Å². The van der Waals surface area contributed by atoms with Crippen LogP contribution < -0.4 is 4.74 Å². The summed E-state index contributed by atoms with van der Waals surface area (Å²) in [6, 6.07) is 14.5. The summed E-state index contributed by atoms with van der Waals surface area (Å²) in [6.07, 6.45) is 0.125. The summed E-state index contributed by atoms with van der Waals surface area (Å²) in [5.41, 5.74) is 4.58. The van der Waals surface area contributed by atoms with Crippen LogP contribution in [-0.4, -0.2) is 48.0 Å². The molecule has 2 aromatic carbocycles. The highest BCUT2D eigenvalue weighted by molar-refractivity contribution is 5.97. The topological polar surface area (TPSA) is 32.8 Å². The maximum atomic E-state index is 13.1. The maximum Gasteiger partial charge on any atom is 0.257 e. The van der Waals surface area contributed by atoms with Crippen LogP contribution in [0.4, 0.5) is 0 Å². The Labute approximate surface area is 161 Å². The predicted octanol–water partition coefficient (Wildman–Crippen LogP) is 3.84. The predicted molar refractivity (Wildman–Crippen MR) is 107 cm³/mol. The highest BCUT2D eigenvalue weighted by Crippen LogP contribution is 2.40. The summed E-state index contributed by atoms with van der Waals surface area (Å²) < 4.78 is 6.02. The van der Waals surface area contributed by atoms with Gasteiger partial charge in [0.15, 0.2) is 0 Å². The van der Waals surface area contributed by atoms with Gasteiger partial charge in [-0.1, -0.05) is 43.3 Å². The van der Waals surface area contributed by atoms with Crippen LogP contribution >= 0.6 is 0 Å². The third kappa shape index (κ3) is 3.46. The number of hydrogen-bond donors (Lipinski definition) is 0. The lowest BCUT2D eigenvalue weighted by Gasteiger charge is -2.35. The summed E-state index contributed by atoms with van der Waals surface area (Å²) in [7, 11) is 0. The second-order valence-corrected chi connectivity index (χ2v) is 7.83. The zero-order chi connectivity index (χ0) is 19.0. The Morgan fingerprint density at radius 2 is 1.78 bits per heavy atom. The second-order valence-electron chi connectivity index (χ2n) is 7.83. The molecule has 27 heavy (non-hydrogen) atoms. The molecule has 2 aromatic rings. The van der Waals surface area contributed by atoms with Crippen LogP contribution in [0.25, 0.3) is 0 Å². The lowest BCUT2D eigenvalue weighted by atomic mass is 9.96. The molecule has 142 valence electrons. The number of ether oxygens (including phenoxy) is 1. The van der Waals surface area contributed by atoms with Crippen LogP contribution in [0, 0.1) is 6.92 Å². The van der Waals surface area contributed by atoms with Crippen molar-refractivity contribution in [2.75, 3.05) is 26.2 Å². The number of rotatable bonds is 3. The van der Waals surface area contributed by atoms with Crippen molar-refractivity contribution in [2.45, 2.75) is 39.3 Å². The number of hydrogen-bond acceptors (Lipinski definition) is 3. The van der Waals surface area contributed by atoms with Crippen LogP contribution in [0.1, 0.15) is 46.8 Å². The molecule has 2 atom stereocenters. The highest BCUT2D eigenvalue weighted by Gasteiger charge is 2.33. The molecule has 2 aliphatic heterocycles. The summed E-state index contributed by atoms with van der Waals surface area (Å²) >= 11 is 0. The average molecular weight is 364 g/mol. The first-order chi connectivity index (χ1) is 13.0. The maximum absolute atomic E-state index is 13.1. The van der Waals surface area contributed by atoms with E-state index in [1.807, 2.05) is 17.0 Å². The lowest BCUT2D eigenvalue weighted by molar-refractivity contribution is 0.0623. The van der Waals surface area contributed by atoms with Gasteiger partial charge in [-0.25, -0.2) is 0 Å². The Morgan fingerprint density at radius 3 is 2.52 bits per heavy atom. The standard InChI is InChI=1S/C23H28N2O2/c1-16-7-4-5-8-19(16)15-24-11-13-25(14-12-24)23(26)21-10-6-9-20-17(2)18(3)27-22(20)21/h4-10,17-18H,11-15H2,1-3H3. The normalized spacial score (nSPS) is 22.4. The Balaban J connectivity index is 1.42. The minimum absolute atomic E-state index is 0.101. The molecule has 1 amide bonds. The molecule has 0 saturated carbocycles. The van der Waals surface area contributed by atoms with Crippen LogP contribution in [0.15, 0.2) is 42.5 Å². The summed E-state index contributed by atoms with van der Waals surface area (Å²) in [5, 5.41) is 0. The van der Waals surface area contributed by atoms with Crippen molar-refractivity contribution in [3.05, 3.63) is 64.7 Å². The van der Waals surface area contributed by atoms with E-state index in [-0.39, 0.29) is 12.0 Å². The van der Waals surface area contributed by atoms with Gasteiger partial charge in [0.1, 0.15) is 11.9 Å². The van der Waals surface area contributed by atoms with E-state index in [9.17, 15) is 4.79 Å². The van der Waals surface area contributed by atoms with Crippen molar-refractivity contribution in [3.63, 3.8) is 0 Å². The molecule has 2 heterocycles. The molecule has 4 heteroatoms. The first-order valence-electron chi connectivity index (χ1n) is 9.90. The van der Waals surface area contributed by atoms with Crippen LogP contribution in [-0.2, 0) is 6.54 Å². The zero-order valence-electron chi connectivity index (χ0n) is 16.4. The van der Waals surface area contributed by atoms with Gasteiger partial charge < -0.3 is 9.64 Å². The van der Waals surface area contributed by atoms with Crippen molar-refractivity contribution in [1.29, 1.82) is 0 Å². The van der Waals surface area contributed by atoms with Gasteiger partial charge in [-0.3, -0.25) is 9.69 Å². The van der Waals surface area contributed by atoms with Gasteiger partial charge in [0, 0.05) is 44.2 Å². The monoisotopic (exact) mass is 364 g/mol. The number of para-hydroxylation sites is 1. The fraction of sp³-hybridized carbons (Fsp3) is 0.435. The number of carbonyl (C=O) groups is 1. The molecule has 4 nitrogen and oxygen atoms in total. The van der Waals surface area contributed by atoms with E-state index in [2.05, 4.69) is 56.0 Å². The molecule has 1 fully saturated rings. The Kier molecular flexibility index (Phi) is 4.92. The van der Waals surface area contributed by atoms with E-state index in [0.29, 0.717) is 5.92 Å². The van der Waals surface area contributed by atoms with Gasteiger partial charge in [0.05, 0.1) is 5.56 Å². The Hall–Kier alpha value is -2.33. The summed E-state index contributed by atoms with van der Waals surface area (Å²) in [6.45, 7) is 10.7. The molecule has 0 aromatic heterocycles. The van der Waals surface area contributed by atoms with Gasteiger partial charge in [0.2, 0.25) is 0 Å². The van der Waals surface area contributed by atoms with Gasteiger partial charge in [0.25, 0.3) is 5.91 Å². The highest BCUT2D eigenvalue weighted by atomic mass is 16.5. The smallest absolute Gasteiger partial charge is 0.257 e. The number of carbonyl (C=O) groups excluding carboxylic acids is 1. The van der Waals surface area contributed by atoms with Gasteiger partial charge >= 0.3 is 0 Å². The van der Waals surface area contributed by atoms with Crippen molar-refractivity contribution in [1.82, 2.24) is 9.80 Å². The number of fused-ring (bicyclic) bond motifs is 1. The Morgan fingerprint density at radius 1 is 1.04 bits per heavy atom. The first kappa shape index (κ1) is 18.1. The number of piperazine rings is 1. The third-order valence-corrected chi connectivity index (χ3v) is 6.09. The summed E-state index contributed by atoms with van der Waals surface area (Å²) in [4.78, 5) is 17.5. The molecule has 2 unspecified atom stereocenters. The van der Waals surface area contributed by atoms with Gasteiger partial charge in [-0.05, 0) is 31.0 Å². The van der Waals surface area contributed by atoms with Crippen molar-refractivity contribution >= 4 is 5.91 Å². The van der Waals surface area contributed by atoms with Crippen molar-refractivity contribution in [2.24, 2.45) is 0 Å². The molecular formula is C23H28N2O2. The van der Waals surface area contributed by atoms with Gasteiger partial charge in [-0.2, -0.15) is 0 Å². The van der Waals surface area contributed by atoms with E-state index in [4.69, 9.17) is 4.74 Å². The molecular weight excluding hydrogens is 336 g/mol. The van der Waals surface area contributed by atoms with Crippen LogP contribution in [0.2, 0.25) is 0 Å². The summed E-state index contributed by atoms with van der Waals surface area (Å²) in [5.74, 6) is 1.23. The van der Waals surface area contributed by atoms with Crippen molar-refractivity contribution in [3.8, 4) is 5.75 Å². The Bertz CT molecular complexity index is 840. The third-order valence-electron chi connectivity index (χ3n) is 6.09. The van der Waals surface area contributed by atoms with E-state index < -0.39 is 0 Å².